The molecular formula is C24H29NO4S. The van der Waals surface area contributed by atoms with Gasteiger partial charge in [-0.25, -0.2) is 0 Å². The van der Waals surface area contributed by atoms with Crippen molar-refractivity contribution in [3.63, 3.8) is 0 Å². The number of fused-ring (bicyclic) bond motifs is 1. The van der Waals surface area contributed by atoms with Crippen molar-refractivity contribution in [2.45, 2.75) is 44.9 Å². The van der Waals surface area contributed by atoms with Gasteiger partial charge < -0.3 is 19.5 Å². The Kier molecular flexibility index (Phi) is 6.87. The monoisotopic (exact) mass is 427 g/mol. The first-order chi connectivity index (χ1) is 14.7. The molecule has 0 bridgehead atoms. The highest BCUT2D eigenvalue weighted by Gasteiger charge is 2.39. The highest BCUT2D eigenvalue weighted by molar-refractivity contribution is 7.08. The standard InChI is InChI=1S/C24H29NO4S/c1-2-28-24-20(8-5-12-26)21(19-10-13-30-16-19)14-22(29-24)23(27)25-11-9-17-6-3-4-7-18(17)15-25/h3-4,6-7,10,13-14,16,20-21,24,26H,2,5,8-9,11-12,15H2,1H3/t20-,21+,24+/m1/s1. The van der Waals surface area contributed by atoms with E-state index in [0.29, 0.717) is 31.9 Å². The molecule has 160 valence electrons. The molecule has 4 rings (SSSR count). The number of aliphatic hydroxyl groups is 1. The number of thiophene rings is 1. The van der Waals surface area contributed by atoms with Gasteiger partial charge >= 0.3 is 0 Å². The van der Waals surface area contributed by atoms with E-state index in [1.807, 2.05) is 30.0 Å². The zero-order valence-corrected chi connectivity index (χ0v) is 18.1. The number of hydrogen-bond donors (Lipinski definition) is 1. The van der Waals surface area contributed by atoms with Gasteiger partial charge in [-0.15, -0.1) is 0 Å². The van der Waals surface area contributed by atoms with Crippen molar-refractivity contribution >= 4 is 17.2 Å². The summed E-state index contributed by atoms with van der Waals surface area (Å²) in [6.07, 6.45) is 3.79. The summed E-state index contributed by atoms with van der Waals surface area (Å²) in [6.45, 7) is 3.87. The number of carbonyl (C=O) groups is 1. The summed E-state index contributed by atoms with van der Waals surface area (Å²) in [5.41, 5.74) is 3.68. The van der Waals surface area contributed by atoms with Gasteiger partial charge in [0, 0.05) is 38.1 Å². The number of rotatable bonds is 7. The number of carbonyl (C=O) groups excluding carboxylic acids is 1. The molecule has 0 fully saturated rings. The molecule has 1 aromatic heterocycles. The smallest absolute Gasteiger partial charge is 0.289 e. The molecule has 1 amide bonds. The molecular weight excluding hydrogens is 398 g/mol. The van der Waals surface area contributed by atoms with Crippen LogP contribution in [0.3, 0.4) is 0 Å². The number of allylic oxidation sites excluding steroid dienone is 1. The van der Waals surface area contributed by atoms with Gasteiger partial charge in [-0.05, 0) is 65.8 Å². The highest BCUT2D eigenvalue weighted by Crippen LogP contribution is 2.40. The Balaban J connectivity index is 1.60. The van der Waals surface area contributed by atoms with Gasteiger partial charge in [0.1, 0.15) is 0 Å². The fourth-order valence-electron chi connectivity index (χ4n) is 4.43. The number of ether oxygens (including phenoxy) is 2. The largest absolute Gasteiger partial charge is 0.459 e. The minimum absolute atomic E-state index is 0.0316. The maximum Gasteiger partial charge on any atom is 0.289 e. The van der Waals surface area contributed by atoms with E-state index < -0.39 is 6.29 Å². The van der Waals surface area contributed by atoms with Crippen molar-refractivity contribution in [2.75, 3.05) is 19.8 Å². The lowest BCUT2D eigenvalue weighted by Crippen LogP contribution is -2.42. The topological polar surface area (TPSA) is 59.0 Å². The first-order valence-electron chi connectivity index (χ1n) is 10.7. The first-order valence-corrected chi connectivity index (χ1v) is 11.6. The molecule has 0 unspecified atom stereocenters. The predicted molar refractivity (Wildman–Crippen MR) is 117 cm³/mol. The third-order valence-electron chi connectivity index (χ3n) is 5.97. The third-order valence-corrected chi connectivity index (χ3v) is 6.67. The van der Waals surface area contributed by atoms with Crippen LogP contribution in [0.15, 0.2) is 52.9 Å². The fraction of sp³-hybridized carbons (Fsp3) is 0.458. The lowest BCUT2D eigenvalue weighted by molar-refractivity contribution is -0.170. The van der Waals surface area contributed by atoms with Crippen LogP contribution in [0.25, 0.3) is 0 Å². The molecule has 6 heteroatoms. The van der Waals surface area contributed by atoms with Crippen LogP contribution in [0.1, 0.15) is 42.4 Å². The van der Waals surface area contributed by atoms with E-state index in [1.54, 1.807) is 11.3 Å². The average Bonchev–Trinajstić information content (AvgIpc) is 3.32. The molecule has 0 spiro atoms. The molecule has 5 nitrogen and oxygen atoms in total. The Bertz CT molecular complexity index is 879. The minimum Gasteiger partial charge on any atom is -0.459 e. The van der Waals surface area contributed by atoms with Crippen LogP contribution in [0.5, 0.6) is 0 Å². The van der Waals surface area contributed by atoms with Crippen LogP contribution >= 0.6 is 11.3 Å². The van der Waals surface area contributed by atoms with Gasteiger partial charge in [-0.3, -0.25) is 4.79 Å². The summed E-state index contributed by atoms with van der Waals surface area (Å²) < 4.78 is 12.1. The van der Waals surface area contributed by atoms with E-state index in [0.717, 1.165) is 12.8 Å². The normalized spacial score (nSPS) is 23.5. The quantitative estimate of drug-likeness (QED) is 0.723. The Morgan fingerprint density at radius 2 is 2.13 bits per heavy atom. The molecule has 0 saturated carbocycles. The second-order valence-electron chi connectivity index (χ2n) is 7.83. The lowest BCUT2D eigenvalue weighted by atomic mass is 9.81. The molecule has 3 atom stereocenters. The van der Waals surface area contributed by atoms with Gasteiger partial charge in [0.15, 0.2) is 5.76 Å². The van der Waals surface area contributed by atoms with E-state index in [9.17, 15) is 9.90 Å². The van der Waals surface area contributed by atoms with Crippen LogP contribution in [-0.4, -0.2) is 42.0 Å². The molecule has 2 aliphatic rings. The molecule has 0 aliphatic carbocycles. The van der Waals surface area contributed by atoms with Crippen LogP contribution < -0.4 is 0 Å². The maximum atomic E-state index is 13.4. The van der Waals surface area contributed by atoms with Crippen molar-refractivity contribution in [3.8, 4) is 0 Å². The van der Waals surface area contributed by atoms with Gasteiger partial charge in [0.25, 0.3) is 5.91 Å². The van der Waals surface area contributed by atoms with Crippen LogP contribution in [0.4, 0.5) is 0 Å². The number of hydrogen-bond acceptors (Lipinski definition) is 5. The average molecular weight is 428 g/mol. The molecule has 30 heavy (non-hydrogen) atoms. The second-order valence-corrected chi connectivity index (χ2v) is 8.61. The second kappa shape index (κ2) is 9.77. The van der Waals surface area contributed by atoms with Crippen molar-refractivity contribution in [1.29, 1.82) is 0 Å². The van der Waals surface area contributed by atoms with E-state index in [4.69, 9.17) is 9.47 Å². The summed E-state index contributed by atoms with van der Waals surface area (Å²) in [4.78, 5) is 15.3. The van der Waals surface area contributed by atoms with Crippen LogP contribution in [-0.2, 0) is 27.2 Å². The Hall–Kier alpha value is -2.15. The number of amides is 1. The predicted octanol–water partition coefficient (Wildman–Crippen LogP) is 4.08. The molecule has 1 aromatic carbocycles. The van der Waals surface area contributed by atoms with Crippen LogP contribution in [0, 0.1) is 5.92 Å². The lowest BCUT2D eigenvalue weighted by Gasteiger charge is -2.38. The third kappa shape index (κ3) is 4.46. The molecule has 0 saturated heterocycles. The fourth-order valence-corrected chi connectivity index (χ4v) is 5.13. The Morgan fingerprint density at radius 1 is 1.30 bits per heavy atom. The summed E-state index contributed by atoms with van der Waals surface area (Å²) >= 11 is 1.65. The Morgan fingerprint density at radius 3 is 2.87 bits per heavy atom. The van der Waals surface area contributed by atoms with Crippen molar-refractivity contribution in [3.05, 3.63) is 69.6 Å². The molecule has 3 heterocycles. The highest BCUT2D eigenvalue weighted by atomic mass is 32.1. The minimum atomic E-state index is -0.493. The van der Waals surface area contributed by atoms with Gasteiger partial charge in [0.2, 0.25) is 6.29 Å². The molecule has 0 radical (unpaired) electrons. The zero-order valence-electron chi connectivity index (χ0n) is 17.3. The summed E-state index contributed by atoms with van der Waals surface area (Å²) in [7, 11) is 0. The van der Waals surface area contributed by atoms with Crippen molar-refractivity contribution < 1.29 is 19.4 Å². The zero-order chi connectivity index (χ0) is 20.9. The van der Waals surface area contributed by atoms with Gasteiger partial charge in [0.05, 0.1) is 0 Å². The first kappa shape index (κ1) is 21.1. The SMILES string of the molecule is CCO[C@H]1OC(C(=O)N2CCc3ccccc3C2)=C[C@@H](c2ccsc2)[C@H]1CCCO. The number of benzene rings is 1. The van der Waals surface area contributed by atoms with Crippen molar-refractivity contribution in [1.82, 2.24) is 4.90 Å². The summed E-state index contributed by atoms with van der Waals surface area (Å²) in [6, 6.07) is 10.4. The van der Waals surface area contributed by atoms with E-state index in [1.165, 1.54) is 16.7 Å². The number of nitrogens with zero attached hydrogens (tertiary/aromatic N) is 1. The molecule has 1 N–H and O–H groups in total. The summed E-state index contributed by atoms with van der Waals surface area (Å²) in [5, 5.41) is 13.5. The summed E-state index contributed by atoms with van der Waals surface area (Å²) in [5.74, 6) is 0.397. The maximum absolute atomic E-state index is 13.4. The van der Waals surface area contributed by atoms with E-state index in [-0.39, 0.29) is 24.3 Å². The molecule has 2 aromatic rings. The van der Waals surface area contributed by atoms with E-state index in [2.05, 4.69) is 29.0 Å². The molecule has 2 aliphatic heterocycles. The van der Waals surface area contributed by atoms with Crippen molar-refractivity contribution in [2.24, 2.45) is 5.92 Å². The Labute approximate surface area is 181 Å². The number of aliphatic hydroxyl groups excluding tert-OH is 1. The van der Waals surface area contributed by atoms with E-state index >= 15 is 0 Å². The van der Waals surface area contributed by atoms with Gasteiger partial charge in [-0.2, -0.15) is 11.3 Å². The van der Waals surface area contributed by atoms with Crippen LogP contribution in [0.2, 0.25) is 0 Å². The van der Waals surface area contributed by atoms with Gasteiger partial charge in [-0.1, -0.05) is 24.3 Å².